The molecule has 162 valence electrons. The molecule has 0 spiro atoms. The third-order valence-electron chi connectivity index (χ3n) is 5.23. The van der Waals surface area contributed by atoms with Crippen molar-refractivity contribution in [2.75, 3.05) is 5.32 Å². The lowest BCUT2D eigenvalue weighted by molar-refractivity contribution is -0.112. The summed E-state index contributed by atoms with van der Waals surface area (Å²) < 4.78 is 0. The van der Waals surface area contributed by atoms with Crippen LogP contribution in [0.15, 0.2) is 84.4 Å². The van der Waals surface area contributed by atoms with E-state index in [0.29, 0.717) is 27.2 Å². The summed E-state index contributed by atoms with van der Waals surface area (Å²) in [5.41, 5.74) is 3.14. The lowest BCUT2D eigenvalue weighted by Gasteiger charge is -2.12. The molecule has 4 rings (SSSR count). The van der Waals surface area contributed by atoms with Crippen molar-refractivity contribution in [1.82, 2.24) is 0 Å². The Kier molecular flexibility index (Phi) is 7.01. The van der Waals surface area contributed by atoms with E-state index in [9.17, 15) is 10.1 Å². The van der Waals surface area contributed by atoms with Gasteiger partial charge in [-0.25, -0.2) is 0 Å². The molecule has 4 aromatic rings. The van der Waals surface area contributed by atoms with Crippen molar-refractivity contribution in [1.29, 1.82) is 5.26 Å². The van der Waals surface area contributed by atoms with Gasteiger partial charge >= 0.3 is 0 Å². The van der Waals surface area contributed by atoms with E-state index in [-0.39, 0.29) is 5.57 Å². The average Bonchev–Trinajstić information content (AvgIpc) is 2.82. The molecule has 33 heavy (non-hydrogen) atoms. The number of nitrogens with zero attached hydrogens (tertiary/aromatic N) is 1. The topological polar surface area (TPSA) is 52.9 Å². The van der Waals surface area contributed by atoms with Crippen LogP contribution in [0, 0.1) is 11.3 Å². The Labute approximate surface area is 206 Å². The maximum absolute atomic E-state index is 12.9. The SMILES string of the molecule is N#C/C(=C\c1c(Cc2ccccc2Cl)ccc2ccccc12)C(=O)Nc1ccc(Cl)c(Cl)c1. The minimum atomic E-state index is -0.535. The number of carbonyl (C=O) groups is 1. The van der Waals surface area contributed by atoms with Gasteiger partial charge in [-0.15, -0.1) is 0 Å². The van der Waals surface area contributed by atoms with E-state index >= 15 is 0 Å². The first-order valence-corrected chi connectivity index (χ1v) is 11.2. The van der Waals surface area contributed by atoms with Crippen molar-refractivity contribution in [3.05, 3.63) is 116 Å². The Bertz CT molecular complexity index is 1440. The van der Waals surface area contributed by atoms with E-state index in [1.54, 1.807) is 18.2 Å². The molecular weight excluding hydrogens is 475 g/mol. The lowest BCUT2D eigenvalue weighted by atomic mass is 9.93. The summed E-state index contributed by atoms with van der Waals surface area (Å²) >= 11 is 18.4. The van der Waals surface area contributed by atoms with E-state index in [2.05, 4.69) is 5.32 Å². The Morgan fingerprint density at radius 3 is 2.36 bits per heavy atom. The van der Waals surface area contributed by atoms with Crippen LogP contribution in [-0.2, 0) is 11.2 Å². The molecule has 0 saturated heterocycles. The van der Waals surface area contributed by atoms with Crippen LogP contribution in [0.3, 0.4) is 0 Å². The van der Waals surface area contributed by atoms with Gasteiger partial charge in [-0.3, -0.25) is 4.79 Å². The summed E-state index contributed by atoms with van der Waals surface area (Å²) in [5.74, 6) is -0.535. The van der Waals surface area contributed by atoms with Gasteiger partial charge in [0.05, 0.1) is 10.0 Å². The first-order valence-electron chi connectivity index (χ1n) is 10.1. The van der Waals surface area contributed by atoms with Crippen LogP contribution >= 0.6 is 34.8 Å². The van der Waals surface area contributed by atoms with Gasteiger partial charge in [0.25, 0.3) is 5.91 Å². The Morgan fingerprint density at radius 2 is 1.61 bits per heavy atom. The molecular formula is C27H17Cl3N2O. The molecule has 4 aromatic carbocycles. The van der Waals surface area contributed by atoms with Crippen LogP contribution in [0.1, 0.15) is 16.7 Å². The molecule has 3 nitrogen and oxygen atoms in total. The molecule has 0 radical (unpaired) electrons. The van der Waals surface area contributed by atoms with Gasteiger partial charge in [-0.2, -0.15) is 5.26 Å². The molecule has 0 aliphatic rings. The van der Waals surface area contributed by atoms with Crippen LogP contribution < -0.4 is 5.32 Å². The van der Waals surface area contributed by atoms with Crippen LogP contribution in [0.25, 0.3) is 16.8 Å². The quantitative estimate of drug-likeness (QED) is 0.227. The second-order valence-corrected chi connectivity index (χ2v) is 8.60. The molecule has 0 aliphatic carbocycles. The fourth-order valence-electron chi connectivity index (χ4n) is 3.58. The molecule has 6 heteroatoms. The van der Waals surface area contributed by atoms with E-state index in [1.165, 1.54) is 6.07 Å². The van der Waals surface area contributed by atoms with Crippen LogP contribution in [0.2, 0.25) is 15.1 Å². The van der Waals surface area contributed by atoms with Gasteiger partial charge in [0.15, 0.2) is 0 Å². The number of rotatable bonds is 5. The van der Waals surface area contributed by atoms with E-state index < -0.39 is 5.91 Å². The highest BCUT2D eigenvalue weighted by molar-refractivity contribution is 6.42. The third-order valence-corrected chi connectivity index (χ3v) is 6.34. The maximum Gasteiger partial charge on any atom is 0.266 e. The number of halogens is 3. The van der Waals surface area contributed by atoms with Gasteiger partial charge in [0, 0.05) is 10.7 Å². The number of fused-ring (bicyclic) bond motifs is 1. The highest BCUT2D eigenvalue weighted by atomic mass is 35.5. The molecule has 0 aliphatic heterocycles. The Balaban J connectivity index is 1.77. The van der Waals surface area contributed by atoms with Crippen molar-refractivity contribution in [2.24, 2.45) is 0 Å². The zero-order valence-electron chi connectivity index (χ0n) is 17.3. The standard InChI is InChI=1S/C27H17Cl3N2O/c28-24-8-4-2-6-19(24)13-18-10-9-17-5-1-3-7-22(17)23(18)14-20(16-31)27(33)32-21-11-12-25(29)26(30)15-21/h1-12,14-15H,13H2,(H,32,33)/b20-14+. The summed E-state index contributed by atoms with van der Waals surface area (Å²) in [6, 6.07) is 26.3. The van der Waals surface area contributed by atoms with Crippen LogP contribution in [0.4, 0.5) is 5.69 Å². The number of carbonyl (C=O) groups excluding carboxylic acids is 1. The number of hydrogen-bond donors (Lipinski definition) is 1. The summed E-state index contributed by atoms with van der Waals surface area (Å²) in [6.07, 6.45) is 2.19. The molecule has 1 amide bonds. The monoisotopic (exact) mass is 490 g/mol. The maximum atomic E-state index is 12.9. The fourth-order valence-corrected chi connectivity index (χ4v) is 4.08. The fraction of sp³-hybridized carbons (Fsp3) is 0.0370. The first-order chi connectivity index (χ1) is 16.0. The van der Waals surface area contributed by atoms with Gasteiger partial charge in [0.1, 0.15) is 11.6 Å². The second-order valence-electron chi connectivity index (χ2n) is 7.38. The zero-order valence-corrected chi connectivity index (χ0v) is 19.5. The molecule has 0 atom stereocenters. The van der Waals surface area contributed by atoms with Crippen LogP contribution in [-0.4, -0.2) is 5.91 Å². The molecule has 1 N–H and O–H groups in total. The highest BCUT2D eigenvalue weighted by Crippen LogP contribution is 2.29. The number of benzene rings is 4. The molecule has 0 bridgehead atoms. The summed E-state index contributed by atoms with van der Waals surface area (Å²) in [5, 5.41) is 15.8. The van der Waals surface area contributed by atoms with E-state index in [4.69, 9.17) is 34.8 Å². The molecule has 0 aromatic heterocycles. The predicted octanol–water partition coefficient (Wildman–Crippen LogP) is 7.94. The third kappa shape index (κ3) is 5.21. The first kappa shape index (κ1) is 22.9. The van der Waals surface area contributed by atoms with Gasteiger partial charge in [-0.1, -0.05) is 89.4 Å². The minimum Gasteiger partial charge on any atom is -0.321 e. The van der Waals surface area contributed by atoms with Gasteiger partial charge in [-0.05, 0) is 64.2 Å². The minimum absolute atomic E-state index is 0.0298. The zero-order chi connectivity index (χ0) is 23.4. The number of amides is 1. The summed E-state index contributed by atoms with van der Waals surface area (Å²) in [4.78, 5) is 12.9. The molecule has 0 heterocycles. The van der Waals surface area contributed by atoms with E-state index in [1.807, 2.05) is 66.7 Å². The van der Waals surface area contributed by atoms with E-state index in [0.717, 1.165) is 27.5 Å². The average molecular weight is 492 g/mol. The Hall–Kier alpha value is -3.29. The largest absolute Gasteiger partial charge is 0.321 e. The molecule has 0 saturated carbocycles. The van der Waals surface area contributed by atoms with Gasteiger partial charge < -0.3 is 5.32 Å². The van der Waals surface area contributed by atoms with Crippen LogP contribution in [0.5, 0.6) is 0 Å². The summed E-state index contributed by atoms with van der Waals surface area (Å²) in [7, 11) is 0. The predicted molar refractivity (Wildman–Crippen MR) is 137 cm³/mol. The molecule has 0 fully saturated rings. The smallest absolute Gasteiger partial charge is 0.266 e. The number of hydrogen-bond acceptors (Lipinski definition) is 2. The number of anilines is 1. The Morgan fingerprint density at radius 1 is 0.848 bits per heavy atom. The number of nitriles is 1. The lowest BCUT2D eigenvalue weighted by Crippen LogP contribution is -2.13. The second kappa shape index (κ2) is 10.1. The van der Waals surface area contributed by atoms with Crippen molar-refractivity contribution in [3.8, 4) is 6.07 Å². The van der Waals surface area contributed by atoms with Crippen molar-refractivity contribution in [2.45, 2.75) is 6.42 Å². The number of nitrogens with one attached hydrogen (secondary N) is 1. The van der Waals surface area contributed by atoms with Crippen molar-refractivity contribution >= 4 is 63.2 Å². The summed E-state index contributed by atoms with van der Waals surface area (Å²) in [6.45, 7) is 0. The van der Waals surface area contributed by atoms with Crippen molar-refractivity contribution < 1.29 is 4.79 Å². The molecule has 0 unspecified atom stereocenters. The normalized spacial score (nSPS) is 11.3. The highest BCUT2D eigenvalue weighted by Gasteiger charge is 2.14. The van der Waals surface area contributed by atoms with Crippen molar-refractivity contribution in [3.63, 3.8) is 0 Å². The van der Waals surface area contributed by atoms with Gasteiger partial charge in [0.2, 0.25) is 0 Å².